The summed E-state index contributed by atoms with van der Waals surface area (Å²) in [7, 11) is -9.77. The Morgan fingerprint density at radius 1 is 0.527 bits per heavy atom. The molecule has 290 valence electrons. The van der Waals surface area contributed by atoms with E-state index in [1.54, 1.807) is 36.4 Å². The fourth-order valence-corrected chi connectivity index (χ4v) is 10.7. The van der Waals surface area contributed by atoms with Gasteiger partial charge < -0.3 is 23.7 Å². The van der Waals surface area contributed by atoms with Crippen LogP contribution in [0.1, 0.15) is 19.4 Å². The summed E-state index contributed by atoms with van der Waals surface area (Å²) in [5.74, 6) is 1.25. The number of benzene rings is 6. The van der Waals surface area contributed by atoms with E-state index in [0.717, 1.165) is 27.1 Å². The number of hydrogen-bond donors (Lipinski definition) is 0. The van der Waals surface area contributed by atoms with Gasteiger partial charge in [-0.15, -0.1) is 0 Å². The minimum Gasteiger partial charge on any atom is -0.491 e. The Morgan fingerprint density at radius 3 is 1.44 bits per heavy atom. The van der Waals surface area contributed by atoms with Gasteiger partial charge in [-0.05, 0) is 130 Å². The number of alkyl halides is 3. The van der Waals surface area contributed by atoms with E-state index in [4.69, 9.17) is 27.3 Å². The first-order chi connectivity index (χ1) is 26.6. The van der Waals surface area contributed by atoms with Gasteiger partial charge in [-0.25, -0.2) is 0 Å². The van der Waals surface area contributed by atoms with E-state index in [2.05, 4.69) is 18.2 Å². The summed E-state index contributed by atoms with van der Waals surface area (Å²) >= 11 is 0. The van der Waals surface area contributed by atoms with Gasteiger partial charge in [0.15, 0.2) is 0 Å². The van der Waals surface area contributed by atoms with E-state index < -0.39 is 25.9 Å². The molecular weight excluding hydrogens is 754 g/mol. The molecule has 0 aliphatic carbocycles. The summed E-state index contributed by atoms with van der Waals surface area (Å²) in [5, 5.41) is 4.29. The Hall–Kier alpha value is -4.79. The Kier molecular flexibility index (Phi) is 12.9. The van der Waals surface area contributed by atoms with Crippen LogP contribution in [0.5, 0.6) is 17.2 Å². The monoisotopic (exact) mass is 794 g/mol. The predicted molar refractivity (Wildman–Crippen MR) is 208 cm³/mol. The fraction of sp³-hybridized carbons (Fsp3) is 0.238. The van der Waals surface area contributed by atoms with Crippen LogP contribution in [0.3, 0.4) is 0 Å². The Morgan fingerprint density at radius 2 is 0.964 bits per heavy atom. The summed E-state index contributed by atoms with van der Waals surface area (Å²) in [4.78, 5) is 0.538. The van der Waals surface area contributed by atoms with Gasteiger partial charge in [0.1, 0.15) is 37.1 Å². The summed E-state index contributed by atoms with van der Waals surface area (Å²) in [6.45, 7) is 6.11. The van der Waals surface area contributed by atoms with Crippen molar-refractivity contribution in [1.82, 2.24) is 0 Å². The molecule has 0 aliphatic heterocycles. The van der Waals surface area contributed by atoms with Crippen molar-refractivity contribution < 1.29 is 48.9 Å². The molecule has 0 fully saturated rings. The molecule has 8 nitrogen and oxygen atoms in total. The fourth-order valence-electron chi connectivity index (χ4n) is 6.02. The molecule has 13 heteroatoms. The topological polar surface area (TPSA) is 89.5 Å². The maximum absolute atomic E-state index is 14.2. The van der Waals surface area contributed by atoms with Gasteiger partial charge in [-0.3, -0.25) is 0 Å². The molecule has 0 saturated heterocycles. The first kappa shape index (κ1) is 39.9. The van der Waals surface area contributed by atoms with Gasteiger partial charge >= 0.3 is 15.6 Å². The lowest BCUT2D eigenvalue weighted by molar-refractivity contribution is -0.0496. The highest BCUT2D eigenvalue weighted by Gasteiger charge is 2.52. The molecule has 0 spiro atoms. The smallest absolute Gasteiger partial charge is 0.491 e. The molecule has 6 aromatic carbocycles. The molecule has 0 unspecified atom stereocenters. The quantitative estimate of drug-likeness (QED) is 0.0483. The second kappa shape index (κ2) is 17.8. The van der Waals surface area contributed by atoms with Gasteiger partial charge in [0, 0.05) is 27.9 Å². The third-order valence-electron chi connectivity index (χ3n) is 8.59. The van der Waals surface area contributed by atoms with Crippen LogP contribution in [0.25, 0.3) is 21.5 Å². The van der Waals surface area contributed by atoms with Crippen LogP contribution < -0.4 is 14.2 Å². The highest BCUT2D eigenvalue weighted by Crippen LogP contribution is 2.71. The van der Waals surface area contributed by atoms with Crippen molar-refractivity contribution in [2.75, 3.05) is 39.6 Å². The molecule has 0 aliphatic rings. The number of rotatable bonds is 18. The van der Waals surface area contributed by atoms with Gasteiger partial charge in [0.25, 0.3) is 0 Å². The maximum atomic E-state index is 14.2. The molecule has 6 rings (SSSR count). The Balaban J connectivity index is 1.39. The molecule has 6 aromatic rings. The van der Waals surface area contributed by atoms with Crippen LogP contribution in [-0.4, -0.2) is 53.6 Å². The molecule has 0 saturated carbocycles. The van der Waals surface area contributed by atoms with Crippen molar-refractivity contribution in [3.8, 4) is 17.2 Å². The average molecular weight is 795 g/mol. The summed E-state index contributed by atoms with van der Waals surface area (Å²) in [6.07, 6.45) is 0. The summed E-state index contributed by atoms with van der Waals surface area (Å²) in [5.41, 5.74) is -4.76. The van der Waals surface area contributed by atoms with E-state index >= 15 is 0 Å². The van der Waals surface area contributed by atoms with Crippen LogP contribution in [0.4, 0.5) is 13.2 Å². The molecule has 0 N–H and O–H groups in total. The minimum absolute atomic E-state index is 0.179. The number of ether oxygens (including phenoxy) is 5. The zero-order valence-corrected chi connectivity index (χ0v) is 31.9. The van der Waals surface area contributed by atoms with Gasteiger partial charge in [0.05, 0.1) is 13.2 Å². The van der Waals surface area contributed by atoms with Crippen LogP contribution in [-0.2, 0) is 29.8 Å². The van der Waals surface area contributed by atoms with Gasteiger partial charge in [0.2, 0.25) is 0 Å². The lowest BCUT2D eigenvalue weighted by Crippen LogP contribution is -2.27. The van der Waals surface area contributed by atoms with Gasteiger partial charge in [-0.1, -0.05) is 48.5 Å². The molecule has 0 aromatic heterocycles. The van der Waals surface area contributed by atoms with E-state index in [1.807, 2.05) is 50.2 Å². The Bertz CT molecular complexity index is 2230. The maximum Gasteiger partial charge on any atom is 0.524 e. The van der Waals surface area contributed by atoms with E-state index in [1.165, 1.54) is 36.4 Å². The van der Waals surface area contributed by atoms with Crippen molar-refractivity contribution in [3.05, 3.63) is 133 Å². The minimum atomic E-state index is -6.15. The molecule has 0 radical (unpaired) electrons. The van der Waals surface area contributed by atoms with Crippen molar-refractivity contribution in [2.24, 2.45) is 0 Å². The predicted octanol–water partition coefficient (Wildman–Crippen LogP) is 10.5. The third kappa shape index (κ3) is 9.20. The normalized spacial score (nSPS) is 12.5. The van der Waals surface area contributed by atoms with Crippen molar-refractivity contribution in [2.45, 2.75) is 40.6 Å². The Labute approximate surface area is 320 Å². The average Bonchev–Trinajstić information content (AvgIpc) is 3.20. The standard InChI is InChI=1S/C42H41F3O8S2/c1-3-48-25-27-50-33-13-19-36(20-14-33)54(53-55(46,47)42(43,44)45,37-21-15-34(16-22-37)51-28-26-49-4-2)38-23-17-35(18-24-38)52-30-32-29-31-9-5-6-10-39(31)41-12-8-7-11-40(32)41/h5-24,29H,3-4,25-28,30H2,1-2H3. The second-order valence-corrected chi connectivity index (χ2v) is 16.6. The molecule has 0 bridgehead atoms. The second-order valence-electron chi connectivity index (χ2n) is 12.1. The first-order valence-electron chi connectivity index (χ1n) is 17.6. The summed E-state index contributed by atoms with van der Waals surface area (Å²) in [6, 6.07) is 36.8. The largest absolute Gasteiger partial charge is 0.524 e. The highest BCUT2D eigenvalue weighted by molar-refractivity contribution is 8.33. The zero-order chi connectivity index (χ0) is 38.9. The van der Waals surface area contributed by atoms with Crippen molar-refractivity contribution in [3.63, 3.8) is 0 Å². The van der Waals surface area contributed by atoms with E-state index in [0.29, 0.717) is 43.7 Å². The molecule has 0 heterocycles. The first-order valence-corrected chi connectivity index (χ1v) is 20.6. The SMILES string of the molecule is CCOCCOc1ccc(S(OS(=O)(=O)C(F)(F)F)(c2ccc(OCCOCC)cc2)c2ccc(OCc3cc4ccccc4c4ccccc34)cc2)cc1. The van der Waals surface area contributed by atoms with E-state index in [9.17, 15) is 21.6 Å². The zero-order valence-electron chi connectivity index (χ0n) is 30.3. The lowest BCUT2D eigenvalue weighted by atomic mass is 9.98. The number of fused-ring (bicyclic) bond motifs is 3. The summed E-state index contributed by atoms with van der Waals surface area (Å²) < 4.78 is 103. The van der Waals surface area contributed by atoms with Crippen LogP contribution in [0, 0.1) is 0 Å². The molecule has 55 heavy (non-hydrogen) atoms. The number of halogens is 3. The van der Waals surface area contributed by atoms with E-state index in [-0.39, 0.29) is 34.5 Å². The van der Waals surface area contributed by atoms with Crippen LogP contribution in [0.2, 0.25) is 0 Å². The van der Waals surface area contributed by atoms with Crippen LogP contribution >= 0.6 is 10.3 Å². The molecule has 0 amide bonds. The van der Waals surface area contributed by atoms with Crippen molar-refractivity contribution in [1.29, 1.82) is 0 Å². The van der Waals surface area contributed by atoms with Gasteiger partial charge in [-0.2, -0.15) is 25.2 Å². The number of hydrogen-bond acceptors (Lipinski definition) is 8. The third-order valence-corrected chi connectivity index (χ3v) is 13.5. The molecular formula is C42H41F3O8S2. The highest BCUT2D eigenvalue weighted by atomic mass is 32.3. The molecule has 0 atom stereocenters. The van der Waals surface area contributed by atoms with Crippen LogP contribution in [0.15, 0.2) is 142 Å². The lowest BCUT2D eigenvalue weighted by Gasteiger charge is -2.39. The van der Waals surface area contributed by atoms with Crippen molar-refractivity contribution >= 4 is 42.0 Å².